The minimum absolute atomic E-state index is 0.558. The van der Waals surface area contributed by atoms with Crippen LogP contribution >= 0.6 is 15.9 Å². The molecule has 32 heavy (non-hydrogen) atoms. The second-order valence-corrected chi connectivity index (χ2v) is 8.65. The molecule has 1 aromatic heterocycles. The Morgan fingerprint density at radius 2 is 1.19 bits per heavy atom. The molecule has 0 spiro atoms. The van der Waals surface area contributed by atoms with E-state index in [2.05, 4.69) is 88.7 Å². The molecule has 0 amide bonds. The lowest BCUT2D eigenvalue weighted by atomic mass is 9.95. The van der Waals surface area contributed by atoms with Crippen molar-refractivity contribution in [3.8, 4) is 28.3 Å². The Bertz CT molecular complexity index is 1690. The Labute approximate surface area is 193 Å². The highest BCUT2D eigenvalue weighted by Crippen LogP contribution is 2.38. The topological polar surface area (TPSA) is 36.9 Å². The molecular formula is C29H16BrNO. The van der Waals surface area contributed by atoms with E-state index in [0.29, 0.717) is 11.1 Å². The van der Waals surface area contributed by atoms with E-state index >= 15 is 0 Å². The summed E-state index contributed by atoms with van der Waals surface area (Å²) in [5, 5.41) is 13.9. The van der Waals surface area contributed by atoms with Crippen LogP contribution in [0.15, 0.2) is 106 Å². The van der Waals surface area contributed by atoms with Gasteiger partial charge in [0.05, 0.1) is 5.56 Å². The molecule has 0 bridgehead atoms. The monoisotopic (exact) mass is 473 g/mol. The van der Waals surface area contributed by atoms with Crippen LogP contribution in [-0.2, 0) is 0 Å². The Kier molecular flexibility index (Phi) is 4.35. The van der Waals surface area contributed by atoms with Crippen molar-refractivity contribution in [1.29, 1.82) is 5.26 Å². The second kappa shape index (κ2) is 7.37. The zero-order valence-electron chi connectivity index (χ0n) is 17.0. The summed E-state index contributed by atoms with van der Waals surface area (Å²) in [4.78, 5) is 0. The van der Waals surface area contributed by atoms with E-state index in [1.165, 1.54) is 21.9 Å². The highest BCUT2D eigenvalue weighted by atomic mass is 79.9. The maximum Gasteiger partial charge on any atom is 0.153 e. The first kappa shape index (κ1) is 18.9. The van der Waals surface area contributed by atoms with E-state index in [-0.39, 0.29) is 0 Å². The molecule has 0 aliphatic carbocycles. The maximum absolute atomic E-state index is 9.47. The zero-order chi connectivity index (χ0) is 21.7. The second-order valence-electron chi connectivity index (χ2n) is 7.80. The molecule has 5 aromatic carbocycles. The number of fused-ring (bicyclic) bond motifs is 4. The van der Waals surface area contributed by atoms with Gasteiger partial charge in [-0.2, -0.15) is 5.26 Å². The average molecular weight is 474 g/mol. The van der Waals surface area contributed by atoms with Crippen molar-refractivity contribution < 1.29 is 4.42 Å². The number of hydrogen-bond acceptors (Lipinski definition) is 2. The molecule has 0 aliphatic rings. The third kappa shape index (κ3) is 2.85. The first-order valence-corrected chi connectivity index (χ1v) is 11.2. The van der Waals surface area contributed by atoms with Crippen LogP contribution in [0.25, 0.3) is 55.0 Å². The molecular weight excluding hydrogens is 458 g/mol. The molecule has 0 N–H and O–H groups in total. The molecule has 2 nitrogen and oxygen atoms in total. The lowest BCUT2D eigenvalue weighted by molar-refractivity contribution is 0.668. The van der Waals surface area contributed by atoms with Gasteiger partial charge in [0.2, 0.25) is 0 Å². The molecule has 0 atom stereocenters. The lowest BCUT2D eigenvalue weighted by Crippen LogP contribution is -1.84. The summed E-state index contributed by atoms with van der Waals surface area (Å²) in [5.41, 5.74) is 6.50. The minimum atomic E-state index is 0.558. The number of halogens is 1. The van der Waals surface area contributed by atoms with E-state index in [4.69, 9.17) is 4.42 Å². The quantitative estimate of drug-likeness (QED) is 0.252. The van der Waals surface area contributed by atoms with E-state index < -0.39 is 0 Å². The number of nitriles is 1. The van der Waals surface area contributed by atoms with Crippen molar-refractivity contribution in [3.63, 3.8) is 0 Å². The minimum Gasteiger partial charge on any atom is -0.454 e. The number of furan rings is 1. The molecule has 0 saturated heterocycles. The van der Waals surface area contributed by atoms with Gasteiger partial charge in [0.25, 0.3) is 0 Å². The van der Waals surface area contributed by atoms with Crippen molar-refractivity contribution in [2.24, 2.45) is 0 Å². The van der Waals surface area contributed by atoms with Gasteiger partial charge in [-0.05, 0) is 39.6 Å². The van der Waals surface area contributed by atoms with Crippen molar-refractivity contribution >= 4 is 48.6 Å². The molecule has 0 saturated carbocycles. The number of benzene rings is 5. The first-order valence-electron chi connectivity index (χ1n) is 10.4. The van der Waals surface area contributed by atoms with E-state index in [1.54, 1.807) is 6.07 Å². The average Bonchev–Trinajstić information content (AvgIpc) is 3.24. The fourth-order valence-corrected chi connectivity index (χ4v) is 4.96. The van der Waals surface area contributed by atoms with E-state index in [1.807, 2.05) is 24.3 Å². The summed E-state index contributed by atoms with van der Waals surface area (Å²) >= 11 is 3.66. The third-order valence-electron chi connectivity index (χ3n) is 6.02. The van der Waals surface area contributed by atoms with Crippen molar-refractivity contribution in [1.82, 2.24) is 0 Å². The van der Waals surface area contributed by atoms with Crippen molar-refractivity contribution in [2.45, 2.75) is 0 Å². The van der Waals surface area contributed by atoms with Gasteiger partial charge in [0, 0.05) is 20.8 Å². The van der Waals surface area contributed by atoms with Crippen LogP contribution in [0.3, 0.4) is 0 Å². The number of rotatable bonds is 2. The summed E-state index contributed by atoms with van der Waals surface area (Å²) < 4.78 is 7.32. The molecule has 6 rings (SSSR count). The number of para-hydroxylation sites is 2. The molecule has 1 heterocycles. The molecule has 0 fully saturated rings. The van der Waals surface area contributed by atoms with E-state index in [0.717, 1.165) is 32.0 Å². The van der Waals surface area contributed by atoms with Gasteiger partial charge in [0.15, 0.2) is 5.58 Å². The lowest BCUT2D eigenvalue weighted by Gasteiger charge is -2.10. The van der Waals surface area contributed by atoms with Crippen molar-refractivity contribution in [3.05, 3.63) is 107 Å². The van der Waals surface area contributed by atoms with Crippen LogP contribution in [0.1, 0.15) is 5.56 Å². The molecule has 150 valence electrons. The van der Waals surface area contributed by atoms with Crippen LogP contribution in [0, 0.1) is 11.3 Å². The van der Waals surface area contributed by atoms with Gasteiger partial charge < -0.3 is 4.42 Å². The largest absolute Gasteiger partial charge is 0.454 e. The fraction of sp³-hybridized carbons (Fsp3) is 0. The van der Waals surface area contributed by atoms with E-state index in [9.17, 15) is 5.26 Å². The summed E-state index contributed by atoms with van der Waals surface area (Å²) in [5.74, 6) is 0. The Morgan fingerprint density at radius 3 is 1.94 bits per heavy atom. The van der Waals surface area contributed by atoms with Crippen molar-refractivity contribution in [2.75, 3.05) is 0 Å². The maximum atomic E-state index is 9.47. The van der Waals surface area contributed by atoms with Crippen LogP contribution < -0.4 is 0 Å². The van der Waals surface area contributed by atoms with Crippen LogP contribution in [0.4, 0.5) is 0 Å². The Balaban J connectivity index is 1.50. The predicted molar refractivity (Wildman–Crippen MR) is 135 cm³/mol. The highest BCUT2D eigenvalue weighted by molar-refractivity contribution is 9.10. The smallest absolute Gasteiger partial charge is 0.153 e. The van der Waals surface area contributed by atoms with Crippen LogP contribution in [-0.4, -0.2) is 0 Å². The third-order valence-corrected chi connectivity index (χ3v) is 6.71. The predicted octanol–water partition coefficient (Wildman–Crippen LogP) is 8.71. The van der Waals surface area contributed by atoms with Gasteiger partial charge in [-0.3, -0.25) is 0 Å². The van der Waals surface area contributed by atoms with Gasteiger partial charge in [-0.25, -0.2) is 0 Å². The summed E-state index contributed by atoms with van der Waals surface area (Å²) in [7, 11) is 0. The Morgan fingerprint density at radius 1 is 0.562 bits per heavy atom. The van der Waals surface area contributed by atoms with Crippen LogP contribution in [0.2, 0.25) is 0 Å². The van der Waals surface area contributed by atoms with Gasteiger partial charge in [-0.15, -0.1) is 0 Å². The molecule has 6 aromatic rings. The number of hydrogen-bond donors (Lipinski definition) is 0. The first-order chi connectivity index (χ1) is 15.7. The fourth-order valence-electron chi connectivity index (χ4n) is 4.48. The summed E-state index contributed by atoms with van der Waals surface area (Å²) in [6, 6.07) is 35.4. The molecule has 0 radical (unpaired) electrons. The molecule has 0 aliphatic heterocycles. The SMILES string of the molecule is N#Cc1cccc2c1oc1c(-c3ccc(-c4ccc(Br)c5ccccc45)cc3)cccc12. The molecule has 3 heteroatoms. The number of nitrogens with zero attached hydrogens (tertiary/aromatic N) is 1. The Hall–Kier alpha value is -3.87. The van der Waals surface area contributed by atoms with Crippen LogP contribution in [0.5, 0.6) is 0 Å². The normalized spacial score (nSPS) is 11.2. The van der Waals surface area contributed by atoms with Gasteiger partial charge in [0.1, 0.15) is 11.7 Å². The summed E-state index contributed by atoms with van der Waals surface area (Å²) in [6.07, 6.45) is 0. The van der Waals surface area contributed by atoms with Gasteiger partial charge in [-0.1, -0.05) is 101 Å². The molecule has 0 unspecified atom stereocenters. The highest BCUT2D eigenvalue weighted by Gasteiger charge is 2.14. The summed E-state index contributed by atoms with van der Waals surface area (Å²) in [6.45, 7) is 0. The zero-order valence-corrected chi connectivity index (χ0v) is 18.6. The van der Waals surface area contributed by atoms with Gasteiger partial charge >= 0.3 is 0 Å². The standard InChI is InChI=1S/C29H16BrNO/c30-27-16-15-21(23-6-1-2-7-24(23)27)18-11-13-19(14-12-18)22-8-4-10-26-25-9-3-5-20(17-31)28(25)32-29(22)26/h1-16H.